The van der Waals surface area contributed by atoms with Gasteiger partial charge in [-0.15, -0.1) is 0 Å². The maximum absolute atomic E-state index is 11.4. The van der Waals surface area contributed by atoms with E-state index in [0.29, 0.717) is 18.5 Å². The van der Waals surface area contributed by atoms with E-state index in [1.165, 1.54) is 5.56 Å². The van der Waals surface area contributed by atoms with E-state index in [0.717, 1.165) is 17.3 Å². The molecule has 0 bridgehead atoms. The molecule has 0 unspecified atom stereocenters. The summed E-state index contributed by atoms with van der Waals surface area (Å²) in [6.07, 6.45) is 2.24. The van der Waals surface area contributed by atoms with Crippen molar-refractivity contribution in [1.82, 2.24) is 10.2 Å². The predicted octanol–water partition coefficient (Wildman–Crippen LogP) is 2.37. The number of carbonyl (C=O) groups excluding carboxylic acids is 1. The first-order valence-electron chi connectivity index (χ1n) is 6.25. The van der Waals surface area contributed by atoms with Gasteiger partial charge in [-0.25, -0.2) is 0 Å². The monoisotopic (exact) mass is 310 g/mol. The lowest BCUT2D eigenvalue weighted by atomic mass is 9.76. The van der Waals surface area contributed by atoms with E-state index < -0.39 is 0 Å². The number of benzene rings is 1. The fourth-order valence-electron chi connectivity index (χ4n) is 2.21. The summed E-state index contributed by atoms with van der Waals surface area (Å²) in [5.74, 6) is 0.773. The Kier molecular flexibility index (Phi) is 4.40. The molecule has 0 heterocycles. The molecule has 1 fully saturated rings. The molecule has 1 aliphatic rings. The van der Waals surface area contributed by atoms with Crippen LogP contribution in [0.3, 0.4) is 0 Å². The third kappa shape index (κ3) is 3.33. The fraction of sp³-hybridized carbons (Fsp3) is 0.500. The largest absolute Gasteiger partial charge is 0.348 e. The lowest BCUT2D eigenvalue weighted by molar-refractivity contribution is -0.128. The summed E-state index contributed by atoms with van der Waals surface area (Å²) in [5, 5.41) is 3.31. The number of halogens is 1. The van der Waals surface area contributed by atoms with Crippen molar-refractivity contribution in [3.05, 3.63) is 34.3 Å². The topological polar surface area (TPSA) is 32.3 Å². The van der Waals surface area contributed by atoms with E-state index >= 15 is 0 Å². The number of amides is 1. The molecule has 4 heteroatoms. The van der Waals surface area contributed by atoms with Crippen LogP contribution in [0.4, 0.5) is 0 Å². The molecular formula is C14H19BrN2O. The maximum atomic E-state index is 11.4. The van der Waals surface area contributed by atoms with E-state index in [1.54, 1.807) is 19.0 Å². The number of nitrogens with one attached hydrogen (secondary N) is 1. The Balaban J connectivity index is 1.76. The van der Waals surface area contributed by atoms with Crippen molar-refractivity contribution >= 4 is 21.8 Å². The quantitative estimate of drug-likeness (QED) is 0.926. The smallest absolute Gasteiger partial charge is 0.236 e. The zero-order chi connectivity index (χ0) is 13.1. The molecule has 0 aliphatic heterocycles. The molecule has 18 heavy (non-hydrogen) atoms. The van der Waals surface area contributed by atoms with Crippen LogP contribution >= 0.6 is 15.9 Å². The molecule has 1 aromatic carbocycles. The van der Waals surface area contributed by atoms with Gasteiger partial charge in [-0.05, 0) is 36.5 Å². The van der Waals surface area contributed by atoms with Crippen molar-refractivity contribution in [3.63, 3.8) is 0 Å². The third-order valence-corrected chi connectivity index (χ3v) is 3.99. The molecule has 2 rings (SSSR count). The van der Waals surface area contributed by atoms with Crippen LogP contribution in [0.5, 0.6) is 0 Å². The van der Waals surface area contributed by atoms with Crippen molar-refractivity contribution in [1.29, 1.82) is 0 Å². The van der Waals surface area contributed by atoms with Crippen molar-refractivity contribution < 1.29 is 4.79 Å². The van der Waals surface area contributed by atoms with E-state index in [2.05, 4.69) is 39.4 Å². The van der Waals surface area contributed by atoms with Gasteiger partial charge in [-0.3, -0.25) is 4.79 Å². The second-order valence-electron chi connectivity index (χ2n) is 5.09. The minimum atomic E-state index is 0.140. The molecule has 98 valence electrons. The van der Waals surface area contributed by atoms with Gasteiger partial charge >= 0.3 is 0 Å². The van der Waals surface area contributed by atoms with Gasteiger partial charge in [-0.1, -0.05) is 28.1 Å². The molecule has 0 spiro atoms. The van der Waals surface area contributed by atoms with Crippen molar-refractivity contribution in [2.24, 2.45) is 0 Å². The van der Waals surface area contributed by atoms with Gasteiger partial charge in [0.15, 0.2) is 0 Å². The van der Waals surface area contributed by atoms with Gasteiger partial charge in [0, 0.05) is 24.6 Å². The minimum absolute atomic E-state index is 0.140. The normalized spacial score (nSPS) is 22.4. The maximum Gasteiger partial charge on any atom is 0.236 e. The average Bonchev–Trinajstić information content (AvgIpc) is 2.26. The SMILES string of the molecule is CN(C)C(=O)CNC1CC(c2cccc(Br)c2)C1. The zero-order valence-electron chi connectivity index (χ0n) is 10.8. The van der Waals surface area contributed by atoms with Gasteiger partial charge < -0.3 is 10.2 Å². The average molecular weight is 311 g/mol. The van der Waals surface area contributed by atoms with Crippen LogP contribution in [0.25, 0.3) is 0 Å². The highest BCUT2D eigenvalue weighted by atomic mass is 79.9. The highest BCUT2D eigenvalue weighted by molar-refractivity contribution is 9.10. The van der Waals surface area contributed by atoms with Crippen molar-refractivity contribution in [3.8, 4) is 0 Å². The molecule has 0 atom stereocenters. The Morgan fingerprint density at radius 3 is 2.78 bits per heavy atom. The summed E-state index contributed by atoms with van der Waals surface area (Å²) < 4.78 is 1.14. The predicted molar refractivity (Wildman–Crippen MR) is 76.6 cm³/mol. The third-order valence-electron chi connectivity index (χ3n) is 3.50. The van der Waals surface area contributed by atoms with E-state index in [-0.39, 0.29) is 5.91 Å². The molecule has 1 aromatic rings. The summed E-state index contributed by atoms with van der Waals surface area (Å²) in [4.78, 5) is 13.1. The van der Waals surface area contributed by atoms with Crippen LogP contribution in [-0.2, 0) is 4.79 Å². The highest BCUT2D eigenvalue weighted by Crippen LogP contribution is 2.37. The second kappa shape index (κ2) is 5.85. The van der Waals surface area contributed by atoms with Crippen LogP contribution in [0.1, 0.15) is 24.3 Å². The zero-order valence-corrected chi connectivity index (χ0v) is 12.4. The molecule has 1 saturated carbocycles. The minimum Gasteiger partial charge on any atom is -0.348 e. The Hall–Kier alpha value is -0.870. The Morgan fingerprint density at radius 1 is 1.44 bits per heavy atom. The van der Waals surface area contributed by atoms with Crippen LogP contribution in [0, 0.1) is 0 Å². The van der Waals surface area contributed by atoms with Crippen molar-refractivity contribution in [2.45, 2.75) is 24.8 Å². The molecule has 3 nitrogen and oxygen atoms in total. The Bertz CT molecular complexity index is 428. The van der Waals surface area contributed by atoms with E-state index in [9.17, 15) is 4.79 Å². The molecule has 1 amide bonds. The number of hydrogen-bond acceptors (Lipinski definition) is 2. The molecule has 0 saturated heterocycles. The summed E-state index contributed by atoms with van der Waals surface area (Å²) in [5.41, 5.74) is 1.39. The lowest BCUT2D eigenvalue weighted by Crippen LogP contribution is -2.44. The van der Waals surface area contributed by atoms with E-state index in [1.807, 2.05) is 6.07 Å². The first-order chi connectivity index (χ1) is 8.56. The first kappa shape index (κ1) is 13.6. The van der Waals surface area contributed by atoms with E-state index in [4.69, 9.17) is 0 Å². The van der Waals surface area contributed by atoms with Gasteiger partial charge in [0.2, 0.25) is 5.91 Å². The Morgan fingerprint density at radius 2 is 2.17 bits per heavy atom. The summed E-state index contributed by atoms with van der Waals surface area (Å²) in [7, 11) is 3.57. The first-order valence-corrected chi connectivity index (χ1v) is 7.04. The van der Waals surface area contributed by atoms with Crippen LogP contribution < -0.4 is 5.32 Å². The summed E-state index contributed by atoms with van der Waals surface area (Å²) in [6.45, 7) is 0.447. The number of nitrogens with zero attached hydrogens (tertiary/aromatic N) is 1. The molecular weight excluding hydrogens is 292 g/mol. The standard InChI is InChI=1S/C14H19BrN2O/c1-17(2)14(18)9-16-13-7-11(8-13)10-4-3-5-12(15)6-10/h3-6,11,13,16H,7-9H2,1-2H3. The van der Waals surface area contributed by atoms with Crippen molar-refractivity contribution in [2.75, 3.05) is 20.6 Å². The molecule has 1 N–H and O–H groups in total. The van der Waals surface area contributed by atoms with Crippen LogP contribution in [-0.4, -0.2) is 37.5 Å². The molecule has 0 radical (unpaired) electrons. The second-order valence-corrected chi connectivity index (χ2v) is 6.00. The number of hydrogen-bond donors (Lipinski definition) is 1. The van der Waals surface area contributed by atoms with Gasteiger partial charge in [0.25, 0.3) is 0 Å². The highest BCUT2D eigenvalue weighted by Gasteiger charge is 2.30. The van der Waals surface area contributed by atoms with Crippen LogP contribution in [0.2, 0.25) is 0 Å². The van der Waals surface area contributed by atoms with Crippen LogP contribution in [0.15, 0.2) is 28.7 Å². The summed E-state index contributed by atoms with van der Waals surface area (Å²) >= 11 is 3.50. The fourth-order valence-corrected chi connectivity index (χ4v) is 2.62. The molecule has 1 aliphatic carbocycles. The van der Waals surface area contributed by atoms with Gasteiger partial charge in [0.1, 0.15) is 0 Å². The molecule has 0 aromatic heterocycles. The summed E-state index contributed by atoms with van der Waals surface area (Å²) in [6, 6.07) is 8.98. The van der Waals surface area contributed by atoms with Gasteiger partial charge in [0.05, 0.1) is 6.54 Å². The van der Waals surface area contributed by atoms with Gasteiger partial charge in [-0.2, -0.15) is 0 Å². The number of carbonyl (C=O) groups is 1. The Labute approximate surface area is 117 Å². The lowest BCUT2D eigenvalue weighted by Gasteiger charge is -2.36. The number of likely N-dealkylation sites (N-methyl/N-ethyl adjacent to an activating group) is 1. The number of rotatable bonds is 4.